The number of rotatable bonds is 6. The fourth-order valence-corrected chi connectivity index (χ4v) is 3.20. The predicted octanol–water partition coefficient (Wildman–Crippen LogP) is 0.988. The fourth-order valence-electron chi connectivity index (χ4n) is 3.20. The summed E-state index contributed by atoms with van der Waals surface area (Å²) in [5, 5.41) is 3.34. The minimum Gasteiger partial charge on any atom is -0.302 e. The van der Waals surface area contributed by atoms with Crippen LogP contribution in [-0.2, 0) is 9.59 Å². The summed E-state index contributed by atoms with van der Waals surface area (Å²) >= 11 is 0. The van der Waals surface area contributed by atoms with Crippen LogP contribution in [0.5, 0.6) is 0 Å². The monoisotopic (exact) mass is 281 g/mol. The first-order valence-electron chi connectivity index (χ1n) is 7.94. The molecule has 5 heteroatoms. The summed E-state index contributed by atoms with van der Waals surface area (Å²) < 4.78 is 0. The van der Waals surface area contributed by atoms with Crippen LogP contribution in [0.15, 0.2) is 0 Å². The van der Waals surface area contributed by atoms with Gasteiger partial charge in [-0.3, -0.25) is 14.5 Å². The summed E-state index contributed by atoms with van der Waals surface area (Å²) in [5.41, 5.74) is 0. The van der Waals surface area contributed by atoms with Crippen molar-refractivity contribution in [1.82, 2.24) is 15.1 Å². The highest BCUT2D eigenvalue weighted by Crippen LogP contribution is 2.15. The maximum Gasteiger partial charge on any atom is 0.246 e. The molecule has 0 aromatic rings. The molecule has 2 saturated heterocycles. The topological polar surface area (TPSA) is 52.7 Å². The molecule has 1 N–H and O–H groups in total. The number of carbonyl (C=O) groups excluding carboxylic acids is 2. The van der Waals surface area contributed by atoms with Gasteiger partial charge in [0.15, 0.2) is 0 Å². The summed E-state index contributed by atoms with van der Waals surface area (Å²) in [6, 6.07) is -0.0646. The van der Waals surface area contributed by atoms with E-state index in [4.69, 9.17) is 0 Å². The second-order valence-corrected chi connectivity index (χ2v) is 6.07. The van der Waals surface area contributed by atoms with Gasteiger partial charge in [0.05, 0.1) is 12.5 Å². The van der Waals surface area contributed by atoms with E-state index in [2.05, 4.69) is 17.1 Å². The van der Waals surface area contributed by atoms with Crippen molar-refractivity contribution >= 4 is 11.8 Å². The van der Waals surface area contributed by atoms with Crippen LogP contribution in [0.25, 0.3) is 0 Å². The van der Waals surface area contributed by atoms with Crippen molar-refractivity contribution in [3.63, 3.8) is 0 Å². The molecule has 2 aliphatic rings. The van der Waals surface area contributed by atoms with Crippen LogP contribution in [0.4, 0.5) is 0 Å². The molecule has 0 spiro atoms. The Kier molecular flexibility index (Phi) is 5.54. The molecule has 2 rings (SSSR count). The van der Waals surface area contributed by atoms with Crippen molar-refractivity contribution in [3.05, 3.63) is 0 Å². The van der Waals surface area contributed by atoms with E-state index in [0.29, 0.717) is 13.0 Å². The van der Waals surface area contributed by atoms with Gasteiger partial charge in [-0.05, 0) is 39.3 Å². The highest BCUT2D eigenvalue weighted by molar-refractivity contribution is 6.05. The number of nitrogens with one attached hydrogen (secondary N) is 1. The average molecular weight is 281 g/mol. The van der Waals surface area contributed by atoms with E-state index >= 15 is 0 Å². The van der Waals surface area contributed by atoms with Gasteiger partial charge in [0.1, 0.15) is 0 Å². The minimum atomic E-state index is -0.311. The number of nitrogens with zero attached hydrogens (tertiary/aromatic N) is 2. The number of imide groups is 1. The van der Waals surface area contributed by atoms with E-state index in [9.17, 15) is 9.59 Å². The van der Waals surface area contributed by atoms with Gasteiger partial charge in [-0.25, -0.2) is 0 Å². The smallest absolute Gasteiger partial charge is 0.246 e. The van der Waals surface area contributed by atoms with Crippen LogP contribution in [0.3, 0.4) is 0 Å². The SMILES string of the molecule is CCCN1C(=O)CC(NC(C)CN2CCCCC2)C1=O. The highest BCUT2D eigenvalue weighted by Gasteiger charge is 2.38. The molecule has 2 atom stereocenters. The van der Waals surface area contributed by atoms with E-state index in [1.807, 2.05) is 6.92 Å². The Morgan fingerprint density at radius 1 is 1.25 bits per heavy atom. The second kappa shape index (κ2) is 7.18. The molecule has 0 aromatic heterocycles. The van der Waals surface area contributed by atoms with Crippen molar-refractivity contribution in [2.45, 2.75) is 58.0 Å². The number of carbonyl (C=O) groups is 2. The normalized spacial score (nSPS) is 26.3. The first kappa shape index (κ1) is 15.4. The van der Waals surface area contributed by atoms with E-state index in [1.54, 1.807) is 0 Å². The van der Waals surface area contributed by atoms with E-state index in [1.165, 1.54) is 24.2 Å². The predicted molar refractivity (Wildman–Crippen MR) is 78.3 cm³/mol. The van der Waals surface area contributed by atoms with Crippen molar-refractivity contribution < 1.29 is 9.59 Å². The van der Waals surface area contributed by atoms with Gasteiger partial charge in [-0.1, -0.05) is 13.3 Å². The maximum atomic E-state index is 12.2. The third-order valence-corrected chi connectivity index (χ3v) is 4.16. The molecule has 0 aromatic carbocycles. The molecular weight excluding hydrogens is 254 g/mol. The molecule has 5 nitrogen and oxygen atoms in total. The lowest BCUT2D eigenvalue weighted by molar-refractivity contribution is -0.138. The highest BCUT2D eigenvalue weighted by atomic mass is 16.2. The van der Waals surface area contributed by atoms with Crippen LogP contribution in [0.1, 0.15) is 46.0 Å². The molecule has 0 saturated carbocycles. The van der Waals surface area contributed by atoms with Gasteiger partial charge >= 0.3 is 0 Å². The minimum absolute atomic E-state index is 0.0282. The van der Waals surface area contributed by atoms with Crippen molar-refractivity contribution in [2.75, 3.05) is 26.2 Å². The molecule has 2 heterocycles. The van der Waals surface area contributed by atoms with Gasteiger partial charge in [-0.2, -0.15) is 0 Å². The van der Waals surface area contributed by atoms with Crippen molar-refractivity contribution in [2.24, 2.45) is 0 Å². The summed E-state index contributed by atoms with van der Waals surface area (Å²) in [6.07, 6.45) is 5.03. The van der Waals surface area contributed by atoms with Crippen LogP contribution in [0, 0.1) is 0 Å². The Bertz CT molecular complexity index is 353. The van der Waals surface area contributed by atoms with Crippen LogP contribution in [-0.4, -0.2) is 59.9 Å². The van der Waals surface area contributed by atoms with Crippen LogP contribution in [0.2, 0.25) is 0 Å². The fraction of sp³-hybridized carbons (Fsp3) is 0.867. The van der Waals surface area contributed by atoms with Crippen LogP contribution < -0.4 is 5.32 Å². The average Bonchev–Trinajstić information content (AvgIpc) is 2.68. The number of piperidine rings is 1. The molecule has 2 fully saturated rings. The Balaban J connectivity index is 1.80. The maximum absolute atomic E-state index is 12.2. The Morgan fingerprint density at radius 2 is 1.95 bits per heavy atom. The largest absolute Gasteiger partial charge is 0.302 e. The zero-order valence-electron chi connectivity index (χ0n) is 12.7. The van der Waals surface area contributed by atoms with Gasteiger partial charge in [0.25, 0.3) is 0 Å². The van der Waals surface area contributed by atoms with Gasteiger partial charge in [-0.15, -0.1) is 0 Å². The zero-order chi connectivity index (χ0) is 14.5. The van der Waals surface area contributed by atoms with E-state index in [-0.39, 0.29) is 23.9 Å². The number of likely N-dealkylation sites (tertiary alicyclic amines) is 2. The Hall–Kier alpha value is -0.940. The first-order valence-corrected chi connectivity index (χ1v) is 7.94. The standard InChI is InChI=1S/C15H27N3O2/c1-3-7-18-14(19)10-13(15(18)20)16-12(2)11-17-8-5-4-6-9-17/h12-13,16H,3-11H2,1-2H3. The Morgan fingerprint density at radius 3 is 2.60 bits per heavy atom. The van der Waals surface area contributed by atoms with E-state index in [0.717, 1.165) is 26.1 Å². The van der Waals surface area contributed by atoms with Crippen LogP contribution >= 0.6 is 0 Å². The molecule has 0 radical (unpaired) electrons. The van der Waals surface area contributed by atoms with Gasteiger partial charge in [0, 0.05) is 19.1 Å². The molecule has 2 aliphatic heterocycles. The Labute approximate surface area is 121 Å². The van der Waals surface area contributed by atoms with Crippen molar-refractivity contribution in [3.8, 4) is 0 Å². The molecule has 2 amide bonds. The van der Waals surface area contributed by atoms with E-state index < -0.39 is 0 Å². The zero-order valence-corrected chi connectivity index (χ0v) is 12.7. The molecule has 114 valence electrons. The third kappa shape index (κ3) is 3.79. The summed E-state index contributed by atoms with van der Waals surface area (Å²) in [6.45, 7) is 7.92. The molecule has 20 heavy (non-hydrogen) atoms. The molecule has 0 bridgehead atoms. The lowest BCUT2D eigenvalue weighted by Crippen LogP contribution is -2.48. The quantitative estimate of drug-likeness (QED) is 0.738. The summed E-state index contributed by atoms with van der Waals surface area (Å²) in [7, 11) is 0. The lowest BCUT2D eigenvalue weighted by Gasteiger charge is -2.30. The molecular formula is C15H27N3O2. The van der Waals surface area contributed by atoms with Crippen molar-refractivity contribution in [1.29, 1.82) is 0 Å². The van der Waals surface area contributed by atoms with Gasteiger partial charge < -0.3 is 10.2 Å². The summed E-state index contributed by atoms with van der Waals surface area (Å²) in [5.74, 6) is -0.0677. The lowest BCUT2D eigenvalue weighted by atomic mass is 10.1. The number of amides is 2. The molecule has 2 unspecified atom stereocenters. The third-order valence-electron chi connectivity index (χ3n) is 4.16. The number of hydrogen-bond donors (Lipinski definition) is 1. The number of hydrogen-bond acceptors (Lipinski definition) is 4. The van der Waals surface area contributed by atoms with Gasteiger partial charge in [0.2, 0.25) is 11.8 Å². The first-order chi connectivity index (χ1) is 9.61. The molecule has 0 aliphatic carbocycles. The second-order valence-electron chi connectivity index (χ2n) is 6.07. The summed E-state index contributed by atoms with van der Waals surface area (Å²) in [4.78, 5) is 27.8.